The second-order valence-corrected chi connectivity index (χ2v) is 6.28. The minimum absolute atomic E-state index is 0.0638. The highest BCUT2D eigenvalue weighted by atomic mass is 16.1. The molecule has 0 bridgehead atoms. The van der Waals surface area contributed by atoms with Gasteiger partial charge in [-0.05, 0) is 22.0 Å². The maximum Gasteiger partial charge on any atom is 0.248 e. The Bertz CT molecular complexity index is 480. The van der Waals surface area contributed by atoms with E-state index >= 15 is 0 Å². The molecule has 1 amide bonds. The van der Waals surface area contributed by atoms with Crippen molar-refractivity contribution in [1.82, 2.24) is 0 Å². The molecule has 0 aliphatic rings. The summed E-state index contributed by atoms with van der Waals surface area (Å²) in [6, 6.07) is 7.99. The number of hydrogen-bond donors (Lipinski definition) is 1. The third-order valence-electron chi connectivity index (χ3n) is 4.83. The Kier molecular flexibility index (Phi) is 4.24. The molecule has 0 aromatic heterocycles. The van der Waals surface area contributed by atoms with Crippen LogP contribution in [0.15, 0.2) is 30.8 Å². The zero-order valence-electron chi connectivity index (χ0n) is 12.7. The van der Waals surface area contributed by atoms with E-state index in [1.807, 2.05) is 12.1 Å². The Hall–Kier alpha value is -1.57. The van der Waals surface area contributed by atoms with Gasteiger partial charge in [-0.1, -0.05) is 71.9 Å². The topological polar surface area (TPSA) is 43.1 Å². The molecule has 0 aliphatic heterocycles. The molecule has 0 atom stereocenters. The number of amides is 1. The molecule has 0 fully saturated rings. The lowest BCUT2D eigenvalue weighted by molar-refractivity contribution is -0.112. The molecule has 104 valence electrons. The van der Waals surface area contributed by atoms with Crippen LogP contribution in [0.2, 0.25) is 0 Å². The van der Waals surface area contributed by atoms with Gasteiger partial charge in [0, 0.05) is 5.57 Å². The van der Waals surface area contributed by atoms with E-state index < -0.39 is 5.91 Å². The molecule has 0 saturated heterocycles. The molecule has 2 N–H and O–H groups in total. The van der Waals surface area contributed by atoms with Crippen molar-refractivity contribution < 1.29 is 4.79 Å². The first kappa shape index (κ1) is 15.5. The van der Waals surface area contributed by atoms with Crippen molar-refractivity contribution >= 4 is 11.5 Å². The maximum absolute atomic E-state index is 11.1. The fourth-order valence-electron chi connectivity index (χ4n) is 2.06. The predicted molar refractivity (Wildman–Crippen MR) is 81.8 cm³/mol. The lowest BCUT2D eigenvalue weighted by Gasteiger charge is -2.42. The van der Waals surface area contributed by atoms with Crippen LogP contribution in [0.4, 0.5) is 0 Å². The summed E-state index contributed by atoms with van der Waals surface area (Å²) >= 11 is 0. The van der Waals surface area contributed by atoms with Crippen molar-refractivity contribution in [3.63, 3.8) is 0 Å². The first-order valence-corrected chi connectivity index (χ1v) is 6.73. The Balaban J connectivity index is 3.12. The summed E-state index contributed by atoms with van der Waals surface area (Å²) in [6.07, 6.45) is 1.11. The van der Waals surface area contributed by atoms with Crippen molar-refractivity contribution in [3.8, 4) is 0 Å². The van der Waals surface area contributed by atoms with Crippen molar-refractivity contribution in [2.24, 2.45) is 11.1 Å². The molecule has 1 aromatic rings. The smallest absolute Gasteiger partial charge is 0.248 e. The first-order valence-electron chi connectivity index (χ1n) is 6.73. The zero-order valence-corrected chi connectivity index (χ0v) is 12.7. The van der Waals surface area contributed by atoms with E-state index in [4.69, 9.17) is 5.73 Å². The highest BCUT2D eigenvalue weighted by Crippen LogP contribution is 2.43. The second-order valence-electron chi connectivity index (χ2n) is 6.28. The number of carbonyl (C=O) groups is 1. The molecule has 1 rings (SSSR count). The van der Waals surface area contributed by atoms with Crippen molar-refractivity contribution in [2.75, 3.05) is 0 Å². The Morgan fingerprint density at radius 1 is 1.16 bits per heavy atom. The standard InChI is InChI=1S/C17H25NO/c1-7-16(3,4)17(5,6)14-10-8-13(9-11-14)12(2)15(18)19/h8-11H,2,7H2,1,3-6H3,(H2,18,19). The van der Waals surface area contributed by atoms with Crippen molar-refractivity contribution in [3.05, 3.63) is 42.0 Å². The molecule has 0 aliphatic carbocycles. The van der Waals surface area contributed by atoms with E-state index in [1.54, 1.807) is 0 Å². The fraction of sp³-hybridized carbons (Fsp3) is 0.471. The molecule has 1 aromatic carbocycles. The largest absolute Gasteiger partial charge is 0.366 e. The lowest BCUT2D eigenvalue weighted by Crippen LogP contribution is -2.36. The molecule has 0 radical (unpaired) electrons. The van der Waals surface area contributed by atoms with Gasteiger partial charge in [0.15, 0.2) is 0 Å². The Labute approximate surface area is 116 Å². The maximum atomic E-state index is 11.1. The van der Waals surface area contributed by atoms with Gasteiger partial charge in [-0.15, -0.1) is 0 Å². The molecule has 2 heteroatoms. The van der Waals surface area contributed by atoms with Gasteiger partial charge in [0.1, 0.15) is 0 Å². The number of benzene rings is 1. The van der Waals surface area contributed by atoms with E-state index in [2.05, 4.69) is 53.3 Å². The van der Waals surface area contributed by atoms with Gasteiger partial charge in [0.05, 0.1) is 0 Å². The number of primary amides is 1. The van der Waals surface area contributed by atoms with Crippen LogP contribution in [0.25, 0.3) is 5.57 Å². The van der Waals surface area contributed by atoms with E-state index in [1.165, 1.54) is 5.56 Å². The quantitative estimate of drug-likeness (QED) is 0.801. The van der Waals surface area contributed by atoms with Crippen LogP contribution in [0.1, 0.15) is 52.2 Å². The second kappa shape index (κ2) is 5.20. The van der Waals surface area contributed by atoms with Gasteiger partial charge in [0.2, 0.25) is 5.91 Å². The van der Waals surface area contributed by atoms with Crippen LogP contribution in [0.5, 0.6) is 0 Å². The average Bonchev–Trinajstić information content (AvgIpc) is 2.37. The molecular formula is C17H25NO. The van der Waals surface area contributed by atoms with Gasteiger partial charge >= 0.3 is 0 Å². The monoisotopic (exact) mass is 259 g/mol. The molecule has 19 heavy (non-hydrogen) atoms. The molecule has 0 heterocycles. The van der Waals surface area contributed by atoms with Gasteiger partial charge in [-0.25, -0.2) is 0 Å². The van der Waals surface area contributed by atoms with Crippen LogP contribution < -0.4 is 5.73 Å². The molecule has 2 nitrogen and oxygen atoms in total. The predicted octanol–water partition coefficient (Wildman–Crippen LogP) is 3.90. The van der Waals surface area contributed by atoms with E-state index in [9.17, 15) is 4.79 Å². The first-order chi connectivity index (χ1) is 8.63. The Morgan fingerprint density at radius 3 is 2.00 bits per heavy atom. The van der Waals surface area contributed by atoms with Crippen LogP contribution in [-0.4, -0.2) is 5.91 Å². The Morgan fingerprint density at radius 2 is 1.63 bits per heavy atom. The number of carbonyl (C=O) groups excluding carboxylic acids is 1. The van der Waals surface area contributed by atoms with Gasteiger partial charge in [0.25, 0.3) is 0 Å². The van der Waals surface area contributed by atoms with E-state index in [-0.39, 0.29) is 10.8 Å². The summed E-state index contributed by atoms with van der Waals surface area (Å²) in [4.78, 5) is 11.1. The zero-order chi connectivity index (χ0) is 14.8. The number of hydrogen-bond acceptors (Lipinski definition) is 1. The minimum atomic E-state index is -0.471. The minimum Gasteiger partial charge on any atom is -0.366 e. The number of rotatable bonds is 5. The van der Waals surface area contributed by atoms with Gasteiger partial charge in [-0.3, -0.25) is 4.79 Å². The average molecular weight is 259 g/mol. The SMILES string of the molecule is C=C(C(N)=O)c1ccc(C(C)(C)C(C)(C)CC)cc1. The summed E-state index contributed by atoms with van der Waals surface area (Å²) in [5.41, 5.74) is 7.93. The van der Waals surface area contributed by atoms with Crippen LogP contribution in [-0.2, 0) is 10.2 Å². The summed E-state index contributed by atoms with van der Waals surface area (Å²) in [7, 11) is 0. The molecule has 0 unspecified atom stereocenters. The van der Waals surface area contributed by atoms with Gasteiger partial charge in [-0.2, -0.15) is 0 Å². The third-order valence-corrected chi connectivity index (χ3v) is 4.83. The van der Waals surface area contributed by atoms with Crippen molar-refractivity contribution in [2.45, 2.75) is 46.5 Å². The highest BCUT2D eigenvalue weighted by Gasteiger charge is 2.36. The lowest BCUT2D eigenvalue weighted by atomic mass is 9.63. The van der Waals surface area contributed by atoms with Crippen LogP contribution in [0.3, 0.4) is 0 Å². The summed E-state index contributed by atoms with van der Waals surface area (Å²) in [5, 5.41) is 0. The molecular weight excluding hydrogens is 234 g/mol. The third kappa shape index (κ3) is 2.89. The van der Waals surface area contributed by atoms with Crippen LogP contribution in [0, 0.1) is 5.41 Å². The summed E-state index contributed by atoms with van der Waals surface area (Å²) < 4.78 is 0. The normalized spacial score (nSPS) is 12.3. The fourth-order valence-corrected chi connectivity index (χ4v) is 2.06. The van der Waals surface area contributed by atoms with Crippen LogP contribution >= 0.6 is 0 Å². The summed E-state index contributed by atoms with van der Waals surface area (Å²) in [5.74, 6) is -0.471. The number of nitrogens with two attached hydrogens (primary N) is 1. The molecule has 0 saturated carbocycles. The van der Waals surface area contributed by atoms with Crippen molar-refractivity contribution in [1.29, 1.82) is 0 Å². The highest BCUT2D eigenvalue weighted by molar-refractivity contribution is 6.17. The van der Waals surface area contributed by atoms with E-state index in [0.717, 1.165) is 12.0 Å². The van der Waals surface area contributed by atoms with Gasteiger partial charge < -0.3 is 5.73 Å². The van der Waals surface area contributed by atoms with E-state index in [0.29, 0.717) is 5.57 Å². The molecule has 0 spiro atoms. The summed E-state index contributed by atoms with van der Waals surface area (Å²) in [6.45, 7) is 15.0.